The first-order chi connectivity index (χ1) is 14.5. The van der Waals surface area contributed by atoms with Gasteiger partial charge in [0.25, 0.3) is 0 Å². The number of amides is 1. The van der Waals surface area contributed by atoms with Gasteiger partial charge in [0.1, 0.15) is 5.75 Å². The number of halogens is 1. The highest BCUT2D eigenvalue weighted by Crippen LogP contribution is 2.33. The molecule has 2 aromatic carbocycles. The number of anilines is 1. The molecule has 0 spiro atoms. The highest BCUT2D eigenvalue weighted by Gasteiger charge is 2.18. The van der Waals surface area contributed by atoms with Gasteiger partial charge in [0.2, 0.25) is 5.91 Å². The Morgan fingerprint density at radius 3 is 2.70 bits per heavy atom. The Hall–Kier alpha value is -2.77. The summed E-state index contributed by atoms with van der Waals surface area (Å²) < 4.78 is 7.33. The zero-order valence-electron chi connectivity index (χ0n) is 16.9. The number of ether oxygens (including phenoxy) is 1. The number of allylic oxidation sites excluding steroid dienone is 1. The maximum atomic E-state index is 12.4. The van der Waals surface area contributed by atoms with Crippen molar-refractivity contribution in [1.29, 1.82) is 0 Å². The minimum Gasteiger partial charge on any atom is -0.496 e. The molecule has 8 heteroatoms. The zero-order valence-corrected chi connectivity index (χ0v) is 18.5. The van der Waals surface area contributed by atoms with E-state index in [0.717, 1.165) is 17.7 Å². The summed E-state index contributed by atoms with van der Waals surface area (Å²) in [5.41, 5.74) is 2.73. The summed E-state index contributed by atoms with van der Waals surface area (Å²) in [6.07, 6.45) is 2.71. The summed E-state index contributed by atoms with van der Waals surface area (Å²) in [6, 6.07) is 13.2. The second-order valence-corrected chi connectivity index (χ2v) is 7.82. The Kier molecular flexibility index (Phi) is 7.54. The molecule has 0 aliphatic rings. The number of methoxy groups -OCH3 is 1. The average molecular weight is 443 g/mol. The van der Waals surface area contributed by atoms with Crippen LogP contribution in [0.25, 0.3) is 11.4 Å². The molecule has 6 nitrogen and oxygen atoms in total. The van der Waals surface area contributed by atoms with Crippen molar-refractivity contribution in [2.75, 3.05) is 18.2 Å². The summed E-state index contributed by atoms with van der Waals surface area (Å²) in [5, 5.41) is 12.7. The maximum absolute atomic E-state index is 12.4. The minimum atomic E-state index is -0.112. The van der Waals surface area contributed by atoms with Crippen molar-refractivity contribution in [1.82, 2.24) is 14.8 Å². The lowest BCUT2D eigenvalue weighted by Crippen LogP contribution is -2.14. The van der Waals surface area contributed by atoms with E-state index in [1.165, 1.54) is 17.3 Å². The molecule has 1 N–H and O–H groups in total. The number of carbonyl (C=O) groups is 1. The molecule has 0 atom stereocenters. The van der Waals surface area contributed by atoms with Crippen LogP contribution in [-0.4, -0.2) is 33.5 Å². The van der Waals surface area contributed by atoms with Crippen LogP contribution in [-0.2, 0) is 17.8 Å². The van der Waals surface area contributed by atoms with Crippen LogP contribution in [0.3, 0.4) is 0 Å². The van der Waals surface area contributed by atoms with Crippen LogP contribution >= 0.6 is 23.4 Å². The number of thioether (sulfide) groups is 1. The van der Waals surface area contributed by atoms with Crippen molar-refractivity contribution in [3.05, 3.63) is 65.7 Å². The van der Waals surface area contributed by atoms with Crippen LogP contribution in [0.1, 0.15) is 12.5 Å². The van der Waals surface area contributed by atoms with Crippen LogP contribution < -0.4 is 10.1 Å². The molecule has 30 heavy (non-hydrogen) atoms. The normalized spacial score (nSPS) is 10.6. The fourth-order valence-corrected chi connectivity index (χ4v) is 3.81. The number of aromatic nitrogens is 3. The SMILES string of the molecule is C=CCn1c(SCC(=O)Nc2ccc(CC)cc2)nnc1-c1cc(Cl)ccc1OC. The Morgan fingerprint density at radius 2 is 2.03 bits per heavy atom. The molecule has 156 valence electrons. The van der Waals surface area contributed by atoms with Gasteiger partial charge in [-0.3, -0.25) is 9.36 Å². The number of benzene rings is 2. The average Bonchev–Trinajstić information content (AvgIpc) is 3.15. The molecule has 0 fully saturated rings. The lowest BCUT2D eigenvalue weighted by Gasteiger charge is -2.11. The predicted molar refractivity (Wildman–Crippen MR) is 122 cm³/mol. The van der Waals surface area contributed by atoms with E-state index in [9.17, 15) is 4.79 Å². The third kappa shape index (κ3) is 5.23. The van der Waals surface area contributed by atoms with Crippen LogP contribution in [0, 0.1) is 0 Å². The molecule has 0 saturated carbocycles. The van der Waals surface area contributed by atoms with Crippen LogP contribution in [0.5, 0.6) is 5.75 Å². The predicted octanol–water partition coefficient (Wildman–Crippen LogP) is 5.09. The molecule has 0 unspecified atom stereocenters. The number of hydrogen-bond donors (Lipinski definition) is 1. The summed E-state index contributed by atoms with van der Waals surface area (Å²) in [6.45, 7) is 6.40. The lowest BCUT2D eigenvalue weighted by atomic mass is 10.1. The van der Waals surface area contributed by atoms with E-state index in [1.807, 2.05) is 28.8 Å². The number of nitrogens with one attached hydrogen (secondary N) is 1. The van der Waals surface area contributed by atoms with Crippen LogP contribution in [0.4, 0.5) is 5.69 Å². The van der Waals surface area contributed by atoms with E-state index in [2.05, 4.69) is 29.0 Å². The standard InChI is InChI=1S/C22H23ClN4O2S/c1-4-12-27-21(18-13-16(23)8-11-19(18)29-3)25-26-22(27)30-14-20(28)24-17-9-6-15(5-2)7-10-17/h4,6-11,13H,1,5,12,14H2,2-3H3,(H,24,28). The first-order valence-corrected chi connectivity index (χ1v) is 10.8. The molecule has 3 aromatic rings. The molecule has 0 aliphatic heterocycles. The van der Waals surface area contributed by atoms with E-state index in [4.69, 9.17) is 16.3 Å². The number of nitrogens with zero attached hydrogens (tertiary/aromatic N) is 3. The van der Waals surface area contributed by atoms with Gasteiger partial charge in [-0.15, -0.1) is 16.8 Å². The van der Waals surface area contributed by atoms with Gasteiger partial charge in [0.05, 0.1) is 18.4 Å². The molecule has 0 bridgehead atoms. The molecule has 0 radical (unpaired) electrons. The van der Waals surface area contributed by atoms with Gasteiger partial charge >= 0.3 is 0 Å². The van der Waals surface area contributed by atoms with E-state index < -0.39 is 0 Å². The molecule has 0 saturated heterocycles. The molecular weight excluding hydrogens is 420 g/mol. The largest absolute Gasteiger partial charge is 0.496 e. The lowest BCUT2D eigenvalue weighted by molar-refractivity contribution is -0.113. The second kappa shape index (κ2) is 10.3. The van der Waals surface area contributed by atoms with Crippen molar-refractivity contribution in [3.63, 3.8) is 0 Å². The van der Waals surface area contributed by atoms with Gasteiger partial charge in [-0.1, -0.05) is 48.5 Å². The van der Waals surface area contributed by atoms with E-state index in [1.54, 1.807) is 31.4 Å². The summed E-state index contributed by atoms with van der Waals surface area (Å²) in [5.74, 6) is 1.34. The zero-order chi connectivity index (χ0) is 21.5. The van der Waals surface area contributed by atoms with E-state index >= 15 is 0 Å². The maximum Gasteiger partial charge on any atom is 0.234 e. The monoisotopic (exact) mass is 442 g/mol. The molecular formula is C22H23ClN4O2S. The Balaban J connectivity index is 1.76. The number of hydrogen-bond acceptors (Lipinski definition) is 5. The molecule has 0 aliphatic carbocycles. The Morgan fingerprint density at radius 1 is 1.27 bits per heavy atom. The van der Waals surface area contributed by atoms with Crippen molar-refractivity contribution < 1.29 is 9.53 Å². The summed E-state index contributed by atoms with van der Waals surface area (Å²) in [7, 11) is 1.59. The molecule has 1 heterocycles. The topological polar surface area (TPSA) is 69.0 Å². The van der Waals surface area contributed by atoms with Gasteiger partial charge < -0.3 is 10.1 Å². The fraction of sp³-hybridized carbons (Fsp3) is 0.227. The number of carbonyl (C=O) groups excluding carboxylic acids is 1. The summed E-state index contributed by atoms with van der Waals surface area (Å²) >= 11 is 7.48. The van der Waals surface area contributed by atoms with E-state index in [0.29, 0.717) is 28.3 Å². The van der Waals surface area contributed by atoms with Crippen LogP contribution in [0.2, 0.25) is 5.02 Å². The highest BCUT2D eigenvalue weighted by atomic mass is 35.5. The van der Waals surface area contributed by atoms with Gasteiger partial charge in [0, 0.05) is 17.3 Å². The third-order valence-electron chi connectivity index (χ3n) is 4.41. The highest BCUT2D eigenvalue weighted by molar-refractivity contribution is 7.99. The van der Waals surface area contributed by atoms with Crippen molar-refractivity contribution in [2.45, 2.75) is 25.0 Å². The first-order valence-electron chi connectivity index (χ1n) is 9.45. The van der Waals surface area contributed by atoms with Crippen LogP contribution in [0.15, 0.2) is 60.3 Å². The fourth-order valence-electron chi connectivity index (χ4n) is 2.89. The van der Waals surface area contributed by atoms with Gasteiger partial charge in [0.15, 0.2) is 11.0 Å². The second-order valence-electron chi connectivity index (χ2n) is 6.44. The quantitative estimate of drug-likeness (QED) is 0.369. The molecule has 1 aromatic heterocycles. The van der Waals surface area contributed by atoms with Crippen molar-refractivity contribution in [3.8, 4) is 17.1 Å². The number of aryl methyl sites for hydroxylation is 1. The van der Waals surface area contributed by atoms with Gasteiger partial charge in [-0.25, -0.2) is 0 Å². The summed E-state index contributed by atoms with van der Waals surface area (Å²) in [4.78, 5) is 12.4. The minimum absolute atomic E-state index is 0.112. The van der Waals surface area contributed by atoms with Gasteiger partial charge in [-0.2, -0.15) is 0 Å². The first kappa shape index (κ1) is 21.9. The Bertz CT molecular complexity index is 1030. The molecule has 1 amide bonds. The smallest absolute Gasteiger partial charge is 0.234 e. The Labute approximate surface area is 185 Å². The molecule has 3 rings (SSSR count). The van der Waals surface area contributed by atoms with Crippen molar-refractivity contribution >= 4 is 35.0 Å². The van der Waals surface area contributed by atoms with Crippen molar-refractivity contribution in [2.24, 2.45) is 0 Å². The van der Waals surface area contributed by atoms with E-state index in [-0.39, 0.29) is 11.7 Å². The van der Waals surface area contributed by atoms with Gasteiger partial charge in [-0.05, 0) is 42.3 Å². The number of rotatable bonds is 9. The third-order valence-corrected chi connectivity index (χ3v) is 5.61.